The minimum absolute atomic E-state index is 0.122. The summed E-state index contributed by atoms with van der Waals surface area (Å²) in [5, 5.41) is 11.6. The summed E-state index contributed by atoms with van der Waals surface area (Å²) in [6, 6.07) is 15.1. The molecule has 1 aliphatic carbocycles. The van der Waals surface area contributed by atoms with Crippen molar-refractivity contribution in [2.75, 3.05) is 6.54 Å². The minimum atomic E-state index is 0.122. The third-order valence-electron chi connectivity index (χ3n) is 6.28. The van der Waals surface area contributed by atoms with Crippen LogP contribution in [0.15, 0.2) is 55.0 Å². The first kappa shape index (κ1) is 19.5. The van der Waals surface area contributed by atoms with E-state index in [0.29, 0.717) is 18.4 Å². The van der Waals surface area contributed by atoms with Gasteiger partial charge in [0.05, 0.1) is 35.3 Å². The van der Waals surface area contributed by atoms with Gasteiger partial charge < -0.3 is 10.3 Å². The number of carbonyl (C=O) groups excluding carboxylic acids is 1. The molecule has 7 heteroatoms. The lowest BCUT2D eigenvalue weighted by atomic mass is 10.0. The fourth-order valence-corrected chi connectivity index (χ4v) is 4.51. The molecule has 1 amide bonds. The van der Waals surface area contributed by atoms with Gasteiger partial charge in [0.15, 0.2) is 0 Å². The Balaban J connectivity index is 1.32. The molecule has 4 aromatic rings. The number of carbonyl (C=O) groups is 1. The van der Waals surface area contributed by atoms with E-state index in [1.807, 2.05) is 19.2 Å². The van der Waals surface area contributed by atoms with Crippen molar-refractivity contribution in [1.82, 2.24) is 30.3 Å². The summed E-state index contributed by atoms with van der Waals surface area (Å²) in [5.74, 6) is 0.619. The molecule has 5 rings (SSSR count). The van der Waals surface area contributed by atoms with Crippen LogP contribution in [0.25, 0.3) is 33.4 Å². The molecule has 0 bridgehead atoms. The number of nitrogens with zero attached hydrogens (tertiary/aromatic N) is 4. The van der Waals surface area contributed by atoms with Crippen molar-refractivity contribution in [3.63, 3.8) is 0 Å². The predicted octanol–water partition coefficient (Wildman–Crippen LogP) is 4.36. The molecule has 0 aliphatic heterocycles. The van der Waals surface area contributed by atoms with Gasteiger partial charge in [-0.1, -0.05) is 42.5 Å². The number of fused-ring (bicyclic) bond motifs is 1. The molecule has 2 atom stereocenters. The molecule has 31 heavy (non-hydrogen) atoms. The van der Waals surface area contributed by atoms with Gasteiger partial charge in [0, 0.05) is 18.5 Å². The zero-order valence-electron chi connectivity index (χ0n) is 17.6. The smallest absolute Gasteiger partial charge is 0.219 e. The van der Waals surface area contributed by atoms with Gasteiger partial charge in [-0.15, -0.1) is 5.10 Å². The van der Waals surface area contributed by atoms with Gasteiger partial charge in [0.1, 0.15) is 0 Å². The summed E-state index contributed by atoms with van der Waals surface area (Å²) in [6.45, 7) is 2.64. The number of aromatic nitrogens is 5. The van der Waals surface area contributed by atoms with Crippen LogP contribution in [0, 0.1) is 5.92 Å². The van der Waals surface area contributed by atoms with Crippen LogP contribution in [0.1, 0.15) is 38.6 Å². The molecule has 2 aromatic carbocycles. The Morgan fingerprint density at radius 2 is 1.94 bits per heavy atom. The van der Waals surface area contributed by atoms with Gasteiger partial charge >= 0.3 is 0 Å². The molecule has 0 saturated heterocycles. The first-order valence-electron chi connectivity index (χ1n) is 10.9. The van der Waals surface area contributed by atoms with Gasteiger partial charge in [0.2, 0.25) is 5.91 Å². The Bertz CT molecular complexity index is 1190. The van der Waals surface area contributed by atoms with E-state index < -0.39 is 0 Å². The number of hydrogen-bond acceptors (Lipinski definition) is 4. The molecule has 0 spiro atoms. The molecular formula is C24H26N6O. The van der Waals surface area contributed by atoms with Crippen LogP contribution in [0.4, 0.5) is 0 Å². The number of benzene rings is 2. The van der Waals surface area contributed by atoms with Gasteiger partial charge in [-0.2, -0.15) is 0 Å². The second-order valence-electron chi connectivity index (χ2n) is 8.27. The van der Waals surface area contributed by atoms with E-state index in [1.165, 1.54) is 0 Å². The standard InChI is InChI=1S/C24H26N6O/c1-2-24(31)25-13-16-3-9-20(11-16)30-23(14-28-29-30)18-6-4-17(5-7-18)19-8-10-21-22(12-19)27-15-26-21/h4-8,10,12,14-16,20H,2-3,9,11,13H2,1H3,(H,25,31)(H,26,27)/t16-,20+/m0/s1. The minimum Gasteiger partial charge on any atom is -0.356 e. The first-order valence-corrected chi connectivity index (χ1v) is 10.9. The van der Waals surface area contributed by atoms with E-state index in [4.69, 9.17) is 0 Å². The highest BCUT2D eigenvalue weighted by atomic mass is 16.1. The molecular weight excluding hydrogens is 388 g/mol. The fraction of sp³-hybridized carbons (Fsp3) is 0.333. The second-order valence-corrected chi connectivity index (χ2v) is 8.27. The third kappa shape index (κ3) is 3.95. The SMILES string of the molecule is CCC(=O)NC[C@H]1CC[C@@H](n2nncc2-c2ccc(-c3ccc4nc[nH]c4c3)cc2)C1. The number of aromatic amines is 1. The molecule has 0 unspecified atom stereocenters. The topological polar surface area (TPSA) is 88.5 Å². The Hall–Kier alpha value is -3.48. The zero-order valence-corrected chi connectivity index (χ0v) is 17.6. The quantitative estimate of drug-likeness (QED) is 0.491. The summed E-state index contributed by atoms with van der Waals surface area (Å²) in [4.78, 5) is 19.0. The Morgan fingerprint density at radius 1 is 1.13 bits per heavy atom. The van der Waals surface area contributed by atoms with E-state index in [1.54, 1.807) is 6.33 Å². The van der Waals surface area contributed by atoms with Gasteiger partial charge in [0.25, 0.3) is 0 Å². The lowest BCUT2D eigenvalue weighted by Crippen LogP contribution is -2.27. The van der Waals surface area contributed by atoms with Crippen LogP contribution in [-0.2, 0) is 4.79 Å². The number of H-pyrrole nitrogens is 1. The third-order valence-corrected chi connectivity index (χ3v) is 6.28. The highest BCUT2D eigenvalue weighted by Gasteiger charge is 2.28. The molecule has 158 valence electrons. The van der Waals surface area contributed by atoms with Crippen LogP contribution in [0.3, 0.4) is 0 Å². The number of amides is 1. The van der Waals surface area contributed by atoms with E-state index >= 15 is 0 Å². The summed E-state index contributed by atoms with van der Waals surface area (Å²) >= 11 is 0. The van der Waals surface area contributed by atoms with Gasteiger partial charge in [-0.05, 0) is 48.4 Å². The van der Waals surface area contributed by atoms with Crippen LogP contribution in [0.2, 0.25) is 0 Å². The monoisotopic (exact) mass is 414 g/mol. The van der Waals surface area contributed by atoms with Crippen LogP contribution in [-0.4, -0.2) is 37.4 Å². The number of rotatable bonds is 6. The number of imidazole rings is 1. The molecule has 2 aromatic heterocycles. The van der Waals surface area contributed by atoms with E-state index in [-0.39, 0.29) is 5.91 Å². The van der Waals surface area contributed by atoms with Crippen LogP contribution >= 0.6 is 0 Å². The molecule has 1 saturated carbocycles. The normalized spacial score (nSPS) is 18.5. The molecule has 2 N–H and O–H groups in total. The van der Waals surface area contributed by atoms with Crippen molar-refractivity contribution < 1.29 is 4.79 Å². The van der Waals surface area contributed by atoms with Crippen molar-refractivity contribution in [3.8, 4) is 22.4 Å². The largest absolute Gasteiger partial charge is 0.356 e. The average molecular weight is 415 g/mol. The van der Waals surface area contributed by atoms with E-state index in [0.717, 1.165) is 59.2 Å². The maximum atomic E-state index is 11.6. The second kappa shape index (κ2) is 8.34. The van der Waals surface area contributed by atoms with Crippen LogP contribution in [0.5, 0.6) is 0 Å². The predicted molar refractivity (Wildman–Crippen MR) is 120 cm³/mol. The van der Waals surface area contributed by atoms with Crippen molar-refractivity contribution in [3.05, 3.63) is 55.0 Å². The zero-order chi connectivity index (χ0) is 21.2. The summed E-state index contributed by atoms with van der Waals surface area (Å²) in [5.41, 5.74) is 6.47. The lowest BCUT2D eigenvalue weighted by Gasteiger charge is -2.15. The molecule has 7 nitrogen and oxygen atoms in total. The Kier molecular flexibility index (Phi) is 5.24. The highest BCUT2D eigenvalue weighted by Crippen LogP contribution is 2.36. The summed E-state index contributed by atoms with van der Waals surface area (Å²) in [6.07, 6.45) is 7.28. The number of nitrogens with one attached hydrogen (secondary N) is 2. The van der Waals surface area contributed by atoms with Gasteiger partial charge in [-0.25, -0.2) is 9.67 Å². The maximum absolute atomic E-state index is 11.6. The molecule has 2 heterocycles. The Labute approximate surface area is 180 Å². The summed E-state index contributed by atoms with van der Waals surface area (Å²) in [7, 11) is 0. The average Bonchev–Trinajstić information content (AvgIpc) is 3.57. The fourth-order valence-electron chi connectivity index (χ4n) is 4.51. The van der Waals surface area contributed by atoms with Gasteiger partial charge in [-0.3, -0.25) is 4.79 Å². The van der Waals surface area contributed by atoms with Crippen molar-refractivity contribution in [2.45, 2.75) is 38.6 Å². The van der Waals surface area contributed by atoms with Crippen molar-refractivity contribution >= 4 is 16.9 Å². The number of hydrogen-bond donors (Lipinski definition) is 2. The molecule has 1 fully saturated rings. The van der Waals surface area contributed by atoms with Crippen molar-refractivity contribution in [2.24, 2.45) is 5.92 Å². The lowest BCUT2D eigenvalue weighted by molar-refractivity contribution is -0.120. The van der Waals surface area contributed by atoms with E-state index in [2.05, 4.69) is 66.7 Å². The van der Waals surface area contributed by atoms with E-state index in [9.17, 15) is 4.79 Å². The van der Waals surface area contributed by atoms with Crippen molar-refractivity contribution in [1.29, 1.82) is 0 Å². The highest BCUT2D eigenvalue weighted by molar-refractivity contribution is 5.82. The molecule has 0 radical (unpaired) electrons. The molecule has 1 aliphatic rings. The maximum Gasteiger partial charge on any atom is 0.219 e. The Morgan fingerprint density at radius 3 is 2.77 bits per heavy atom. The van der Waals surface area contributed by atoms with Crippen LogP contribution < -0.4 is 5.32 Å². The first-order chi connectivity index (χ1) is 15.2. The summed E-state index contributed by atoms with van der Waals surface area (Å²) < 4.78 is 2.06.